The summed E-state index contributed by atoms with van der Waals surface area (Å²) in [5, 5.41) is 5.37. The number of carbonyl (C=O) groups is 3. The van der Waals surface area contributed by atoms with Gasteiger partial charge < -0.3 is 4.74 Å². The molecule has 0 saturated heterocycles. The summed E-state index contributed by atoms with van der Waals surface area (Å²) < 4.78 is 5.81. The zero-order valence-corrected chi connectivity index (χ0v) is 22.4. The molecule has 0 spiro atoms. The van der Waals surface area contributed by atoms with Gasteiger partial charge in [-0.3, -0.25) is 20.3 Å². The van der Waals surface area contributed by atoms with Crippen LogP contribution in [0, 0.1) is 6.92 Å². The Bertz CT molecular complexity index is 1450. The summed E-state index contributed by atoms with van der Waals surface area (Å²) in [5.74, 6) is -0.353. The Kier molecular flexibility index (Phi) is 8.09. The van der Waals surface area contributed by atoms with Crippen molar-refractivity contribution in [3.63, 3.8) is 0 Å². The van der Waals surface area contributed by atoms with Crippen LogP contribution in [0.5, 0.6) is 5.75 Å². The third kappa shape index (κ3) is 6.76. The van der Waals surface area contributed by atoms with Gasteiger partial charge in [0.15, 0.2) is 16.5 Å². The van der Waals surface area contributed by atoms with Gasteiger partial charge in [-0.05, 0) is 69.3 Å². The Morgan fingerprint density at radius 3 is 2.11 bits per heavy atom. The maximum absolute atomic E-state index is 12.7. The fourth-order valence-corrected chi connectivity index (χ4v) is 4.20. The van der Waals surface area contributed by atoms with Crippen molar-refractivity contribution in [2.75, 3.05) is 5.32 Å². The second-order valence-corrected chi connectivity index (χ2v) is 10.2. The highest BCUT2D eigenvalue weighted by molar-refractivity contribution is 7.14. The number of amides is 3. The highest BCUT2D eigenvalue weighted by Gasteiger charge is 2.30. The number of aryl methyl sites for hydroxylation is 1. The summed E-state index contributed by atoms with van der Waals surface area (Å²) in [6, 6.07) is 20.3. The molecule has 38 heavy (non-hydrogen) atoms. The van der Waals surface area contributed by atoms with Crippen LogP contribution in [0.15, 0.2) is 78.2 Å². The van der Waals surface area contributed by atoms with E-state index in [1.807, 2.05) is 36.6 Å². The van der Waals surface area contributed by atoms with Crippen LogP contribution in [-0.4, -0.2) is 28.3 Å². The molecule has 3 amide bonds. The summed E-state index contributed by atoms with van der Waals surface area (Å²) in [4.78, 5) is 42.0. The van der Waals surface area contributed by atoms with Gasteiger partial charge >= 0.3 is 6.03 Å². The van der Waals surface area contributed by atoms with Crippen molar-refractivity contribution < 1.29 is 19.1 Å². The molecule has 4 aromatic rings. The average Bonchev–Trinajstić information content (AvgIpc) is 3.36. The largest absolute Gasteiger partial charge is 0.478 e. The molecule has 194 valence electrons. The summed E-state index contributed by atoms with van der Waals surface area (Å²) in [6.07, 6.45) is 0. The highest BCUT2D eigenvalue weighted by Crippen LogP contribution is 2.25. The first-order valence-corrected chi connectivity index (χ1v) is 12.9. The first-order valence-electron chi connectivity index (χ1n) is 11.6. The van der Waals surface area contributed by atoms with Crippen molar-refractivity contribution in [1.82, 2.24) is 15.8 Å². The molecule has 0 radical (unpaired) electrons. The zero-order chi connectivity index (χ0) is 27.3. The summed E-state index contributed by atoms with van der Waals surface area (Å²) in [7, 11) is 0. The molecule has 0 fully saturated rings. The number of hydrogen-bond acceptors (Lipinski definition) is 6. The molecule has 1 aromatic heterocycles. The van der Waals surface area contributed by atoms with E-state index in [-0.39, 0.29) is 5.78 Å². The van der Waals surface area contributed by atoms with Crippen molar-refractivity contribution >= 4 is 45.8 Å². The number of ether oxygens (including phenoxy) is 1. The Balaban J connectivity index is 1.28. The first kappa shape index (κ1) is 26.8. The molecule has 10 heteroatoms. The fraction of sp³-hybridized carbons (Fsp3) is 0.143. The van der Waals surface area contributed by atoms with Crippen molar-refractivity contribution in [2.45, 2.75) is 26.4 Å². The lowest BCUT2D eigenvalue weighted by Crippen LogP contribution is -2.53. The second kappa shape index (κ2) is 11.5. The molecule has 3 N–H and O–H groups in total. The van der Waals surface area contributed by atoms with E-state index >= 15 is 0 Å². The van der Waals surface area contributed by atoms with Crippen LogP contribution in [0.3, 0.4) is 0 Å². The number of hydrogen-bond donors (Lipinski definition) is 3. The second-order valence-electron chi connectivity index (χ2n) is 8.91. The molecule has 4 rings (SSSR count). The number of hydrazine groups is 1. The number of urea groups is 1. The number of aromatic nitrogens is 1. The maximum atomic E-state index is 12.7. The normalized spacial score (nSPS) is 10.9. The maximum Gasteiger partial charge on any atom is 0.339 e. The molecule has 1 heterocycles. The van der Waals surface area contributed by atoms with E-state index in [0.29, 0.717) is 27.0 Å². The molecular weight excluding hydrogens is 524 g/mol. The van der Waals surface area contributed by atoms with Gasteiger partial charge in [0.2, 0.25) is 0 Å². The van der Waals surface area contributed by atoms with Crippen LogP contribution in [0.4, 0.5) is 9.93 Å². The van der Waals surface area contributed by atoms with E-state index in [2.05, 4.69) is 21.2 Å². The molecule has 0 bridgehead atoms. The lowest BCUT2D eigenvalue weighted by Gasteiger charge is -2.25. The van der Waals surface area contributed by atoms with E-state index in [4.69, 9.17) is 16.3 Å². The van der Waals surface area contributed by atoms with Crippen LogP contribution >= 0.6 is 22.9 Å². The highest BCUT2D eigenvalue weighted by atomic mass is 35.5. The molecule has 3 aromatic carbocycles. The van der Waals surface area contributed by atoms with E-state index in [9.17, 15) is 14.4 Å². The Morgan fingerprint density at radius 2 is 1.47 bits per heavy atom. The van der Waals surface area contributed by atoms with Crippen LogP contribution < -0.4 is 20.9 Å². The number of nitrogens with one attached hydrogen (secondary N) is 3. The molecule has 0 aliphatic rings. The quantitative estimate of drug-likeness (QED) is 0.193. The Hall–Kier alpha value is -4.21. The van der Waals surface area contributed by atoms with Gasteiger partial charge in [0, 0.05) is 27.1 Å². The van der Waals surface area contributed by atoms with Crippen molar-refractivity contribution in [1.29, 1.82) is 0 Å². The summed E-state index contributed by atoms with van der Waals surface area (Å²) >= 11 is 7.15. The van der Waals surface area contributed by atoms with Crippen LogP contribution in [0.1, 0.15) is 35.3 Å². The number of nitrogens with zero attached hydrogens (tertiary/aromatic N) is 1. The third-order valence-electron chi connectivity index (χ3n) is 5.50. The van der Waals surface area contributed by atoms with E-state index in [1.165, 1.54) is 11.3 Å². The van der Waals surface area contributed by atoms with Gasteiger partial charge in [-0.15, -0.1) is 11.3 Å². The number of carbonyl (C=O) groups excluding carboxylic acids is 3. The lowest BCUT2D eigenvalue weighted by atomic mass is 10.0. The predicted molar refractivity (Wildman–Crippen MR) is 149 cm³/mol. The number of benzene rings is 3. The first-order chi connectivity index (χ1) is 18.1. The topological polar surface area (TPSA) is 109 Å². The van der Waals surface area contributed by atoms with Gasteiger partial charge in [-0.1, -0.05) is 41.4 Å². The minimum absolute atomic E-state index is 0.161. The van der Waals surface area contributed by atoms with E-state index in [1.54, 1.807) is 62.4 Å². The van der Waals surface area contributed by atoms with Gasteiger partial charge in [-0.25, -0.2) is 15.2 Å². The van der Waals surface area contributed by atoms with Crippen molar-refractivity contribution in [2.24, 2.45) is 0 Å². The molecule has 0 aliphatic heterocycles. The van der Waals surface area contributed by atoms with Crippen molar-refractivity contribution in [3.8, 4) is 17.0 Å². The molecule has 0 unspecified atom stereocenters. The molecule has 0 atom stereocenters. The SMILES string of the molecule is Cc1ccc(-c2csc(NC(=O)NNC(=O)C(C)(C)Oc3ccc(C(=O)c4ccc(Cl)cc4)cc3)n2)cc1. The molecule has 0 aliphatic carbocycles. The zero-order valence-electron chi connectivity index (χ0n) is 20.9. The third-order valence-corrected chi connectivity index (χ3v) is 6.51. The van der Waals surface area contributed by atoms with Gasteiger partial charge in [0.05, 0.1) is 5.69 Å². The van der Waals surface area contributed by atoms with Gasteiger partial charge in [0.1, 0.15) is 5.75 Å². The molecular formula is C28H25ClN4O4S. The minimum atomic E-state index is -1.32. The Morgan fingerprint density at radius 1 is 0.868 bits per heavy atom. The smallest absolute Gasteiger partial charge is 0.339 e. The monoisotopic (exact) mass is 548 g/mol. The van der Waals surface area contributed by atoms with E-state index in [0.717, 1.165) is 16.8 Å². The Labute approximate surface area is 229 Å². The lowest BCUT2D eigenvalue weighted by molar-refractivity contribution is -0.134. The van der Waals surface area contributed by atoms with Crippen LogP contribution in [0.2, 0.25) is 5.02 Å². The summed E-state index contributed by atoms with van der Waals surface area (Å²) in [5.41, 5.74) is 7.13. The fourth-order valence-electron chi connectivity index (χ4n) is 3.36. The van der Waals surface area contributed by atoms with Crippen LogP contribution in [-0.2, 0) is 4.79 Å². The number of ketones is 1. The summed E-state index contributed by atoms with van der Waals surface area (Å²) in [6.45, 7) is 5.12. The standard InChI is InChI=1S/C28H25ClN4O4S/c1-17-4-6-18(7-5-17)23-16-38-27(30-23)31-26(36)33-32-25(35)28(2,3)37-22-14-10-20(11-15-22)24(34)19-8-12-21(29)13-9-19/h4-16H,1-3H3,(H,32,35)(H2,30,31,33,36). The average molecular weight is 549 g/mol. The molecule has 0 saturated carbocycles. The predicted octanol–water partition coefficient (Wildman–Crippen LogP) is 6.01. The number of anilines is 1. The van der Waals surface area contributed by atoms with Gasteiger partial charge in [-0.2, -0.15) is 0 Å². The number of halogens is 1. The van der Waals surface area contributed by atoms with E-state index < -0.39 is 17.5 Å². The minimum Gasteiger partial charge on any atom is -0.478 e. The number of rotatable bonds is 7. The van der Waals surface area contributed by atoms with Gasteiger partial charge in [0.25, 0.3) is 5.91 Å². The number of thiazole rings is 1. The van der Waals surface area contributed by atoms with Crippen LogP contribution in [0.25, 0.3) is 11.3 Å². The van der Waals surface area contributed by atoms with Crippen molar-refractivity contribution in [3.05, 3.63) is 99.9 Å². The molecule has 8 nitrogen and oxygen atoms in total.